The van der Waals surface area contributed by atoms with Gasteiger partial charge >= 0.3 is 5.97 Å². The quantitative estimate of drug-likeness (QED) is 0.872. The van der Waals surface area contributed by atoms with Gasteiger partial charge in [-0.25, -0.2) is 4.79 Å². The number of H-pyrrole nitrogens is 1. The zero-order chi connectivity index (χ0) is 12.7. The molecule has 0 bridgehead atoms. The minimum atomic E-state index is -0.897. The monoisotopic (exact) mass is 262 g/mol. The van der Waals surface area contributed by atoms with Crippen LogP contribution in [0.4, 0.5) is 0 Å². The van der Waals surface area contributed by atoms with Gasteiger partial charge in [-0.2, -0.15) is 5.06 Å². The predicted octanol–water partition coefficient (Wildman–Crippen LogP) is 2.42. The van der Waals surface area contributed by atoms with E-state index in [1.54, 1.807) is 19.2 Å². The van der Waals surface area contributed by atoms with E-state index < -0.39 is 5.97 Å². The van der Waals surface area contributed by atoms with Crippen molar-refractivity contribution >= 4 is 16.9 Å². The Balaban J connectivity index is 0.00000133. The lowest BCUT2D eigenvalue weighted by Crippen LogP contribution is -2.29. The maximum absolute atomic E-state index is 11.0. The Morgan fingerprint density at radius 1 is 1.47 bits per heavy atom. The Bertz CT molecular complexity index is 618. The number of nitrogens with zero attached hydrogens (tertiary/aromatic N) is 1. The fourth-order valence-electron chi connectivity index (χ4n) is 2.48. The zero-order valence-electron chi connectivity index (χ0n) is 10.1. The molecule has 2 aromatic rings. The van der Waals surface area contributed by atoms with Gasteiger partial charge < -0.3 is 14.9 Å². The summed E-state index contributed by atoms with van der Waals surface area (Å²) >= 11 is 0. The highest BCUT2D eigenvalue weighted by Crippen LogP contribution is 2.28. The lowest BCUT2D eigenvalue weighted by atomic mass is 10.0. The smallest absolute Gasteiger partial charge is 0.335 e. The third kappa shape index (κ3) is 2.22. The molecule has 19 heavy (non-hydrogen) atoms. The molecule has 2 heterocycles. The number of hydrogen-bond donors (Lipinski definition) is 2. The molecule has 1 aromatic heterocycles. The van der Waals surface area contributed by atoms with Gasteiger partial charge in [0.15, 0.2) is 0 Å². The maximum atomic E-state index is 11.0. The normalized spacial score (nSPS) is 15.0. The SMILES string of the molecule is C.CON1CCc2[nH]c3ccc(C(=O)O)cc3c2C1. The molecule has 0 unspecified atom stereocenters. The van der Waals surface area contributed by atoms with Crippen LogP contribution in [0.15, 0.2) is 18.2 Å². The number of hydroxylamine groups is 2. The molecule has 0 radical (unpaired) electrons. The third-order valence-corrected chi connectivity index (χ3v) is 3.45. The number of benzene rings is 1. The Morgan fingerprint density at radius 2 is 2.26 bits per heavy atom. The molecule has 1 aromatic carbocycles. The standard InChI is InChI=1S/C13H14N2O3.CH4/c1-18-15-5-4-12-10(7-15)9-6-8(13(16)17)2-3-11(9)14-12;/h2-3,6,14H,4-5,7H2,1H3,(H,16,17);1H4. The first-order valence-electron chi connectivity index (χ1n) is 5.85. The van der Waals surface area contributed by atoms with Gasteiger partial charge in [0.2, 0.25) is 0 Å². The van der Waals surface area contributed by atoms with Crippen molar-refractivity contribution in [3.05, 3.63) is 35.0 Å². The molecule has 0 amide bonds. The van der Waals surface area contributed by atoms with Gasteiger partial charge in [-0.05, 0) is 23.8 Å². The second-order valence-corrected chi connectivity index (χ2v) is 4.44. The highest BCUT2D eigenvalue weighted by Gasteiger charge is 2.21. The van der Waals surface area contributed by atoms with Crippen LogP contribution in [-0.2, 0) is 17.8 Å². The lowest BCUT2D eigenvalue weighted by Gasteiger charge is -2.24. The van der Waals surface area contributed by atoms with Gasteiger partial charge in [-0.1, -0.05) is 7.43 Å². The first-order chi connectivity index (χ1) is 8.69. The first kappa shape index (κ1) is 13.6. The molecule has 5 heteroatoms. The summed E-state index contributed by atoms with van der Waals surface area (Å²) in [5, 5.41) is 11.9. The number of carboxylic acids is 1. The van der Waals surface area contributed by atoms with Gasteiger partial charge in [0.05, 0.1) is 19.2 Å². The average molecular weight is 262 g/mol. The van der Waals surface area contributed by atoms with Gasteiger partial charge in [-0.3, -0.25) is 0 Å². The molecule has 0 saturated carbocycles. The van der Waals surface area contributed by atoms with E-state index >= 15 is 0 Å². The topological polar surface area (TPSA) is 65.6 Å². The summed E-state index contributed by atoms with van der Waals surface area (Å²) in [6.45, 7) is 1.54. The molecule has 0 aliphatic carbocycles. The summed E-state index contributed by atoms with van der Waals surface area (Å²) in [5.41, 5.74) is 3.63. The minimum absolute atomic E-state index is 0. The molecule has 1 aliphatic rings. The van der Waals surface area contributed by atoms with Crippen molar-refractivity contribution in [3.8, 4) is 0 Å². The molecular weight excluding hydrogens is 244 g/mol. The number of nitrogens with one attached hydrogen (secondary N) is 1. The van der Waals surface area contributed by atoms with Crippen LogP contribution in [0.1, 0.15) is 29.0 Å². The van der Waals surface area contributed by atoms with Crippen LogP contribution in [0.25, 0.3) is 10.9 Å². The number of aromatic amines is 1. The van der Waals surface area contributed by atoms with Crippen molar-refractivity contribution in [3.63, 3.8) is 0 Å². The zero-order valence-corrected chi connectivity index (χ0v) is 10.1. The molecule has 0 fully saturated rings. The van der Waals surface area contributed by atoms with Crippen LogP contribution >= 0.6 is 0 Å². The van der Waals surface area contributed by atoms with Crippen molar-refractivity contribution in [1.29, 1.82) is 0 Å². The van der Waals surface area contributed by atoms with Crippen molar-refractivity contribution in [2.75, 3.05) is 13.7 Å². The molecule has 5 nitrogen and oxygen atoms in total. The van der Waals surface area contributed by atoms with E-state index in [0.717, 1.165) is 29.4 Å². The molecule has 0 atom stereocenters. The molecule has 0 spiro atoms. The van der Waals surface area contributed by atoms with E-state index in [1.807, 2.05) is 11.1 Å². The highest BCUT2D eigenvalue weighted by atomic mass is 16.7. The van der Waals surface area contributed by atoms with E-state index in [2.05, 4.69) is 4.98 Å². The van der Waals surface area contributed by atoms with Crippen molar-refractivity contribution < 1.29 is 14.7 Å². The van der Waals surface area contributed by atoms with Gasteiger partial charge in [-0.15, -0.1) is 0 Å². The van der Waals surface area contributed by atoms with E-state index in [4.69, 9.17) is 9.94 Å². The van der Waals surface area contributed by atoms with Crippen molar-refractivity contribution in [2.45, 2.75) is 20.4 Å². The fourth-order valence-corrected chi connectivity index (χ4v) is 2.48. The Labute approximate surface area is 111 Å². The van der Waals surface area contributed by atoms with Crippen LogP contribution in [-0.4, -0.2) is 34.8 Å². The number of hydrogen-bond acceptors (Lipinski definition) is 3. The van der Waals surface area contributed by atoms with Crippen molar-refractivity contribution in [1.82, 2.24) is 10.0 Å². The number of rotatable bonds is 2. The van der Waals surface area contributed by atoms with Gasteiger partial charge in [0.25, 0.3) is 0 Å². The van der Waals surface area contributed by atoms with Gasteiger partial charge in [0.1, 0.15) is 0 Å². The second-order valence-electron chi connectivity index (χ2n) is 4.44. The van der Waals surface area contributed by atoms with E-state index in [9.17, 15) is 4.79 Å². The molecule has 1 aliphatic heterocycles. The Hall–Kier alpha value is -1.85. The Morgan fingerprint density at radius 3 is 2.95 bits per heavy atom. The predicted molar refractivity (Wildman–Crippen MR) is 73.1 cm³/mol. The molecule has 0 saturated heterocycles. The van der Waals surface area contributed by atoms with E-state index in [0.29, 0.717) is 12.1 Å². The highest BCUT2D eigenvalue weighted by molar-refractivity contribution is 5.95. The van der Waals surface area contributed by atoms with Gasteiger partial charge in [0, 0.05) is 29.6 Å². The summed E-state index contributed by atoms with van der Waals surface area (Å²) in [5.74, 6) is -0.897. The van der Waals surface area contributed by atoms with Crippen LogP contribution in [0.5, 0.6) is 0 Å². The number of aromatic nitrogens is 1. The summed E-state index contributed by atoms with van der Waals surface area (Å²) in [7, 11) is 1.66. The largest absolute Gasteiger partial charge is 0.478 e. The van der Waals surface area contributed by atoms with E-state index in [-0.39, 0.29) is 7.43 Å². The molecule has 102 valence electrons. The minimum Gasteiger partial charge on any atom is -0.478 e. The molecule has 2 N–H and O–H groups in total. The van der Waals surface area contributed by atoms with Crippen LogP contribution in [0.3, 0.4) is 0 Å². The number of carboxylic acid groups (broad SMARTS) is 1. The first-order valence-corrected chi connectivity index (χ1v) is 5.85. The van der Waals surface area contributed by atoms with Crippen LogP contribution in [0.2, 0.25) is 0 Å². The second kappa shape index (κ2) is 5.03. The summed E-state index contributed by atoms with van der Waals surface area (Å²) in [4.78, 5) is 19.6. The third-order valence-electron chi connectivity index (χ3n) is 3.45. The molecular formula is C14H18N2O3. The van der Waals surface area contributed by atoms with E-state index in [1.165, 1.54) is 5.69 Å². The molecule has 3 rings (SSSR count). The summed E-state index contributed by atoms with van der Waals surface area (Å²) in [6.07, 6.45) is 0.889. The number of carbonyl (C=O) groups is 1. The summed E-state index contributed by atoms with van der Waals surface area (Å²) in [6, 6.07) is 5.18. The Kier molecular flexibility index (Phi) is 3.59. The van der Waals surface area contributed by atoms with Crippen LogP contribution < -0.4 is 0 Å². The lowest BCUT2D eigenvalue weighted by molar-refractivity contribution is -0.141. The average Bonchev–Trinajstić information content (AvgIpc) is 2.75. The fraction of sp³-hybridized carbons (Fsp3) is 0.357. The summed E-state index contributed by atoms with van der Waals surface area (Å²) < 4.78 is 0. The van der Waals surface area contributed by atoms with Crippen LogP contribution in [0, 0.1) is 0 Å². The van der Waals surface area contributed by atoms with Crippen molar-refractivity contribution in [2.24, 2.45) is 0 Å². The number of aromatic carboxylic acids is 1. The number of fused-ring (bicyclic) bond motifs is 3. The maximum Gasteiger partial charge on any atom is 0.335 e.